The van der Waals surface area contributed by atoms with Crippen LogP contribution in [0.4, 0.5) is 14.6 Å². The van der Waals surface area contributed by atoms with Gasteiger partial charge in [-0.1, -0.05) is 12.1 Å². The second-order valence-electron chi connectivity index (χ2n) is 6.66. The Balaban J connectivity index is 1.57. The van der Waals surface area contributed by atoms with Crippen molar-refractivity contribution in [2.75, 3.05) is 44.7 Å². The summed E-state index contributed by atoms with van der Waals surface area (Å²) in [5.41, 5.74) is 0.883. The smallest absolute Gasteiger partial charge is 0.387 e. The minimum Gasteiger partial charge on any atom is -0.490 e. The molecule has 7 nitrogen and oxygen atoms in total. The quantitative estimate of drug-likeness (QED) is 0.550. The molecule has 0 saturated carbocycles. The van der Waals surface area contributed by atoms with Gasteiger partial charge in [0.15, 0.2) is 17.5 Å². The molecule has 0 amide bonds. The number of ether oxygens (including phenoxy) is 2. The van der Waals surface area contributed by atoms with Crippen LogP contribution in [-0.4, -0.2) is 62.3 Å². The predicted octanol–water partition coefficient (Wildman–Crippen LogP) is 2.98. The first-order valence-electron chi connectivity index (χ1n) is 9.92. The normalized spacial score (nSPS) is 14.8. The number of benzene rings is 1. The summed E-state index contributed by atoms with van der Waals surface area (Å²) < 4.78 is 35.1. The van der Waals surface area contributed by atoms with E-state index in [1.165, 1.54) is 6.07 Å². The second-order valence-corrected chi connectivity index (χ2v) is 6.66. The first-order valence-corrected chi connectivity index (χ1v) is 9.92. The molecular formula is C21H27F2N5O2. The van der Waals surface area contributed by atoms with Gasteiger partial charge in [0.25, 0.3) is 0 Å². The van der Waals surface area contributed by atoms with E-state index in [4.69, 9.17) is 4.74 Å². The van der Waals surface area contributed by atoms with E-state index in [0.717, 1.165) is 43.5 Å². The van der Waals surface area contributed by atoms with Crippen LogP contribution < -0.4 is 19.7 Å². The lowest BCUT2D eigenvalue weighted by Crippen LogP contribution is -2.52. The number of aromatic nitrogens is 1. The number of rotatable bonds is 7. The molecule has 2 heterocycles. The fraction of sp³-hybridized carbons (Fsp3) is 0.429. The van der Waals surface area contributed by atoms with Crippen LogP contribution in [0.1, 0.15) is 12.5 Å². The number of anilines is 1. The van der Waals surface area contributed by atoms with E-state index >= 15 is 0 Å². The van der Waals surface area contributed by atoms with Crippen LogP contribution in [-0.2, 0) is 6.54 Å². The monoisotopic (exact) mass is 419 g/mol. The summed E-state index contributed by atoms with van der Waals surface area (Å²) in [6.45, 7) is 3.10. The zero-order valence-corrected chi connectivity index (χ0v) is 17.2. The van der Waals surface area contributed by atoms with E-state index in [9.17, 15) is 8.78 Å². The molecule has 0 atom stereocenters. The number of hydrogen-bond acceptors (Lipinski definition) is 5. The number of aliphatic imine (C=N–C) groups is 1. The molecule has 1 saturated heterocycles. The summed E-state index contributed by atoms with van der Waals surface area (Å²) in [5, 5.41) is 3.34. The van der Waals surface area contributed by atoms with Gasteiger partial charge in [-0.2, -0.15) is 8.78 Å². The molecule has 0 radical (unpaired) electrons. The largest absolute Gasteiger partial charge is 0.490 e. The molecule has 162 valence electrons. The molecule has 0 unspecified atom stereocenters. The van der Waals surface area contributed by atoms with Crippen LogP contribution in [0.3, 0.4) is 0 Å². The van der Waals surface area contributed by atoms with Crippen molar-refractivity contribution in [2.24, 2.45) is 4.99 Å². The number of alkyl halides is 2. The van der Waals surface area contributed by atoms with Crippen LogP contribution in [0.5, 0.6) is 11.5 Å². The molecule has 3 rings (SSSR count). The third-order valence-corrected chi connectivity index (χ3v) is 4.74. The van der Waals surface area contributed by atoms with Gasteiger partial charge in [0.05, 0.1) is 6.61 Å². The van der Waals surface area contributed by atoms with Gasteiger partial charge in [0, 0.05) is 46.0 Å². The highest BCUT2D eigenvalue weighted by Gasteiger charge is 2.20. The van der Waals surface area contributed by atoms with Crippen LogP contribution in [0.15, 0.2) is 47.6 Å². The SMILES string of the molecule is CCOc1cc(CNC(=NC)N2CCN(c3ccccn3)CC2)ccc1OC(F)F. The van der Waals surface area contributed by atoms with E-state index in [0.29, 0.717) is 18.9 Å². The topological polar surface area (TPSA) is 62.2 Å². The predicted molar refractivity (Wildman–Crippen MR) is 112 cm³/mol. The number of guanidine groups is 1. The number of nitrogens with one attached hydrogen (secondary N) is 1. The van der Waals surface area contributed by atoms with Gasteiger partial charge < -0.3 is 24.6 Å². The van der Waals surface area contributed by atoms with Crippen molar-refractivity contribution in [3.63, 3.8) is 0 Å². The average molecular weight is 419 g/mol. The van der Waals surface area contributed by atoms with Gasteiger partial charge in [0.2, 0.25) is 0 Å². The molecule has 30 heavy (non-hydrogen) atoms. The van der Waals surface area contributed by atoms with Crippen molar-refractivity contribution < 1.29 is 18.3 Å². The molecule has 1 N–H and O–H groups in total. The lowest BCUT2D eigenvalue weighted by molar-refractivity contribution is -0.0514. The Labute approximate surface area is 175 Å². The van der Waals surface area contributed by atoms with Gasteiger partial charge in [0.1, 0.15) is 5.82 Å². The summed E-state index contributed by atoms with van der Waals surface area (Å²) in [7, 11) is 1.75. The number of piperazine rings is 1. The van der Waals surface area contributed by atoms with E-state index < -0.39 is 6.61 Å². The zero-order chi connectivity index (χ0) is 21.3. The van der Waals surface area contributed by atoms with Gasteiger partial charge in [-0.05, 0) is 36.8 Å². The average Bonchev–Trinajstić information content (AvgIpc) is 2.77. The first kappa shape index (κ1) is 21.6. The molecule has 0 aliphatic carbocycles. The van der Waals surface area contributed by atoms with E-state index in [-0.39, 0.29) is 5.75 Å². The number of halogens is 2. The van der Waals surface area contributed by atoms with Crippen molar-refractivity contribution in [2.45, 2.75) is 20.1 Å². The number of hydrogen-bond donors (Lipinski definition) is 1. The fourth-order valence-corrected chi connectivity index (χ4v) is 3.33. The number of pyridine rings is 1. The minimum atomic E-state index is -2.89. The highest BCUT2D eigenvalue weighted by molar-refractivity contribution is 5.80. The zero-order valence-electron chi connectivity index (χ0n) is 17.2. The van der Waals surface area contributed by atoms with Crippen LogP contribution in [0.2, 0.25) is 0 Å². The molecule has 0 bridgehead atoms. The van der Waals surface area contributed by atoms with Gasteiger partial charge in [-0.25, -0.2) is 4.98 Å². The molecule has 2 aromatic rings. The standard InChI is InChI=1S/C21H27F2N5O2/c1-3-29-18-14-16(7-8-17(18)30-20(22)23)15-26-21(24-2)28-12-10-27(11-13-28)19-6-4-5-9-25-19/h4-9,14,20H,3,10-13,15H2,1-2H3,(H,24,26). The summed E-state index contributed by atoms with van der Waals surface area (Å²) in [6.07, 6.45) is 1.80. The summed E-state index contributed by atoms with van der Waals surface area (Å²) in [6, 6.07) is 10.9. The van der Waals surface area contributed by atoms with Gasteiger partial charge >= 0.3 is 6.61 Å². The molecule has 0 spiro atoms. The molecule has 1 fully saturated rings. The maximum Gasteiger partial charge on any atom is 0.387 e. The summed E-state index contributed by atoms with van der Waals surface area (Å²) >= 11 is 0. The number of nitrogens with zero attached hydrogens (tertiary/aromatic N) is 4. The van der Waals surface area contributed by atoms with Gasteiger partial charge in [-0.15, -0.1) is 0 Å². The van der Waals surface area contributed by atoms with Crippen LogP contribution in [0.25, 0.3) is 0 Å². The van der Waals surface area contributed by atoms with E-state index in [1.807, 2.05) is 18.2 Å². The lowest BCUT2D eigenvalue weighted by atomic mass is 10.2. The fourth-order valence-electron chi connectivity index (χ4n) is 3.33. The van der Waals surface area contributed by atoms with Crippen molar-refractivity contribution in [1.29, 1.82) is 0 Å². The Kier molecular flexibility index (Phi) is 7.64. The van der Waals surface area contributed by atoms with E-state index in [2.05, 4.69) is 29.8 Å². The highest BCUT2D eigenvalue weighted by atomic mass is 19.3. The molecule has 1 aromatic carbocycles. The van der Waals surface area contributed by atoms with Crippen molar-refractivity contribution in [3.05, 3.63) is 48.2 Å². The Morgan fingerprint density at radius 2 is 1.97 bits per heavy atom. The third kappa shape index (κ3) is 5.71. The Hall–Kier alpha value is -3.10. The Bertz CT molecular complexity index is 827. The maximum absolute atomic E-state index is 12.6. The van der Waals surface area contributed by atoms with Crippen molar-refractivity contribution in [3.8, 4) is 11.5 Å². The summed E-state index contributed by atoms with van der Waals surface area (Å²) in [5.74, 6) is 2.11. The highest BCUT2D eigenvalue weighted by Crippen LogP contribution is 2.29. The molecule has 9 heteroatoms. The summed E-state index contributed by atoms with van der Waals surface area (Å²) in [4.78, 5) is 13.2. The molecular weight excluding hydrogens is 392 g/mol. The first-order chi connectivity index (χ1) is 14.6. The third-order valence-electron chi connectivity index (χ3n) is 4.74. The minimum absolute atomic E-state index is 0.0330. The van der Waals surface area contributed by atoms with Gasteiger partial charge in [-0.3, -0.25) is 4.99 Å². The van der Waals surface area contributed by atoms with E-state index in [1.54, 1.807) is 32.3 Å². The molecule has 1 aliphatic heterocycles. The van der Waals surface area contributed by atoms with Crippen LogP contribution in [0, 0.1) is 0 Å². The maximum atomic E-state index is 12.6. The Morgan fingerprint density at radius 1 is 1.17 bits per heavy atom. The second kappa shape index (κ2) is 10.6. The Morgan fingerprint density at radius 3 is 2.60 bits per heavy atom. The van der Waals surface area contributed by atoms with Crippen LogP contribution >= 0.6 is 0 Å². The lowest BCUT2D eigenvalue weighted by Gasteiger charge is -2.37. The van der Waals surface area contributed by atoms with Crippen molar-refractivity contribution >= 4 is 11.8 Å². The molecule has 1 aliphatic rings. The molecule has 1 aromatic heterocycles. The van der Waals surface area contributed by atoms with Crippen molar-refractivity contribution in [1.82, 2.24) is 15.2 Å².